The highest BCUT2D eigenvalue weighted by atomic mass is 16.6. The van der Waals surface area contributed by atoms with Crippen molar-refractivity contribution in [3.8, 4) is 5.75 Å². The predicted octanol–water partition coefficient (Wildman–Crippen LogP) is 3.71. The molecule has 3 rings (SSSR count). The number of nitro benzene ring substituents is 1. The van der Waals surface area contributed by atoms with Crippen molar-refractivity contribution in [1.82, 2.24) is 10.6 Å². The Morgan fingerprint density at radius 3 is 2.52 bits per heavy atom. The summed E-state index contributed by atoms with van der Waals surface area (Å²) in [6, 6.07) is 11.7. The third-order valence-electron chi connectivity index (χ3n) is 4.51. The molecular formula is C22H23N3O6. The maximum absolute atomic E-state index is 13.0. The maximum Gasteiger partial charge on any atom is 0.338 e. The lowest BCUT2D eigenvalue weighted by Crippen LogP contribution is -2.45. The van der Waals surface area contributed by atoms with Crippen molar-refractivity contribution in [2.45, 2.75) is 32.9 Å². The van der Waals surface area contributed by atoms with E-state index in [-0.39, 0.29) is 29.3 Å². The molecule has 0 radical (unpaired) electrons. The summed E-state index contributed by atoms with van der Waals surface area (Å²) in [7, 11) is 0. The molecular weight excluding hydrogens is 402 g/mol. The van der Waals surface area contributed by atoms with Gasteiger partial charge >= 0.3 is 17.7 Å². The third-order valence-corrected chi connectivity index (χ3v) is 4.51. The number of urea groups is 1. The number of ether oxygens (including phenoxy) is 2. The number of carbonyl (C=O) groups excluding carboxylic acids is 2. The zero-order valence-electron chi connectivity index (χ0n) is 17.4. The summed E-state index contributed by atoms with van der Waals surface area (Å²) in [5.74, 6) is -0.530. The summed E-state index contributed by atoms with van der Waals surface area (Å²) < 4.78 is 10.8. The minimum Gasteiger partial charge on any atom is -0.487 e. The SMILES string of the molecule is CCOc1ccc(C2NC(=O)NC(c3ccccc3)=C2C(=O)OC(C)C)cc1[N+](=O)[O-]. The highest BCUT2D eigenvalue weighted by Crippen LogP contribution is 2.36. The lowest BCUT2D eigenvalue weighted by molar-refractivity contribution is -0.385. The van der Waals surface area contributed by atoms with Crippen molar-refractivity contribution in [3.63, 3.8) is 0 Å². The standard InChI is InChI=1S/C22H23N3O6/c1-4-30-17-11-10-15(12-16(17)25(28)29)20-18(21(26)31-13(2)3)19(23-22(27)24-20)14-8-6-5-7-9-14/h5-13,20H,4H2,1-3H3,(H2,23,24,27). The molecule has 0 bridgehead atoms. The van der Waals surface area contributed by atoms with Gasteiger partial charge in [-0.15, -0.1) is 0 Å². The molecule has 2 N–H and O–H groups in total. The molecule has 0 spiro atoms. The Bertz CT molecular complexity index is 1030. The number of nitrogens with zero attached hydrogens (tertiary/aromatic N) is 1. The molecule has 0 fully saturated rings. The summed E-state index contributed by atoms with van der Waals surface area (Å²) in [5, 5.41) is 16.9. The van der Waals surface area contributed by atoms with E-state index in [2.05, 4.69) is 10.6 Å². The third kappa shape index (κ3) is 4.82. The van der Waals surface area contributed by atoms with Gasteiger partial charge in [-0.3, -0.25) is 10.1 Å². The van der Waals surface area contributed by atoms with Gasteiger partial charge in [0, 0.05) is 6.07 Å². The molecule has 31 heavy (non-hydrogen) atoms. The van der Waals surface area contributed by atoms with Crippen LogP contribution in [0.15, 0.2) is 54.1 Å². The first kappa shape index (κ1) is 21.8. The van der Waals surface area contributed by atoms with Crippen LogP contribution in [0.1, 0.15) is 37.9 Å². The quantitative estimate of drug-likeness (QED) is 0.396. The van der Waals surface area contributed by atoms with Gasteiger partial charge in [0.25, 0.3) is 0 Å². The molecule has 1 aliphatic heterocycles. The summed E-state index contributed by atoms with van der Waals surface area (Å²) in [6.45, 7) is 5.41. The van der Waals surface area contributed by atoms with Crippen molar-refractivity contribution in [1.29, 1.82) is 0 Å². The van der Waals surface area contributed by atoms with Crippen LogP contribution in [0.5, 0.6) is 5.75 Å². The lowest BCUT2D eigenvalue weighted by Gasteiger charge is -2.30. The topological polar surface area (TPSA) is 120 Å². The molecule has 9 nitrogen and oxygen atoms in total. The molecule has 0 aliphatic carbocycles. The minimum atomic E-state index is -0.954. The lowest BCUT2D eigenvalue weighted by atomic mass is 9.92. The Kier molecular flexibility index (Phi) is 6.54. The van der Waals surface area contributed by atoms with Crippen LogP contribution in [0, 0.1) is 10.1 Å². The van der Waals surface area contributed by atoms with E-state index in [1.165, 1.54) is 12.1 Å². The van der Waals surface area contributed by atoms with Crippen LogP contribution in [0.25, 0.3) is 5.70 Å². The Hall–Kier alpha value is -3.88. The zero-order valence-corrected chi connectivity index (χ0v) is 17.4. The average molecular weight is 425 g/mol. The smallest absolute Gasteiger partial charge is 0.338 e. The number of benzene rings is 2. The van der Waals surface area contributed by atoms with Gasteiger partial charge in [-0.25, -0.2) is 9.59 Å². The second-order valence-electron chi connectivity index (χ2n) is 7.06. The molecule has 1 aliphatic rings. The van der Waals surface area contributed by atoms with E-state index in [1.807, 2.05) is 6.07 Å². The highest BCUT2D eigenvalue weighted by molar-refractivity contribution is 6.04. The second kappa shape index (κ2) is 9.29. The number of esters is 1. The number of hydrogen-bond acceptors (Lipinski definition) is 6. The van der Waals surface area contributed by atoms with Crippen molar-refractivity contribution >= 4 is 23.4 Å². The number of carbonyl (C=O) groups is 2. The molecule has 1 atom stereocenters. The van der Waals surface area contributed by atoms with Crippen LogP contribution in [0.3, 0.4) is 0 Å². The van der Waals surface area contributed by atoms with E-state index in [9.17, 15) is 19.7 Å². The number of nitrogens with one attached hydrogen (secondary N) is 2. The van der Waals surface area contributed by atoms with Gasteiger partial charge in [-0.2, -0.15) is 0 Å². The van der Waals surface area contributed by atoms with Crippen molar-refractivity contribution in [2.24, 2.45) is 0 Å². The van der Waals surface area contributed by atoms with Gasteiger partial charge in [0.05, 0.1) is 34.9 Å². The van der Waals surface area contributed by atoms with Gasteiger partial charge in [-0.1, -0.05) is 36.4 Å². The van der Waals surface area contributed by atoms with Crippen LogP contribution in [0.4, 0.5) is 10.5 Å². The predicted molar refractivity (Wildman–Crippen MR) is 113 cm³/mol. The molecule has 1 unspecified atom stereocenters. The van der Waals surface area contributed by atoms with Gasteiger partial charge in [0.2, 0.25) is 0 Å². The van der Waals surface area contributed by atoms with Gasteiger partial charge < -0.3 is 20.1 Å². The molecule has 0 saturated carbocycles. The van der Waals surface area contributed by atoms with Crippen LogP contribution in [0.2, 0.25) is 0 Å². The van der Waals surface area contributed by atoms with Crippen LogP contribution in [-0.4, -0.2) is 29.6 Å². The number of hydrogen-bond donors (Lipinski definition) is 2. The summed E-state index contributed by atoms with van der Waals surface area (Å²) in [4.78, 5) is 36.5. The molecule has 0 saturated heterocycles. The Balaban J connectivity index is 2.19. The Morgan fingerprint density at radius 2 is 1.90 bits per heavy atom. The maximum atomic E-state index is 13.0. The van der Waals surface area contributed by atoms with Gasteiger partial charge in [-0.05, 0) is 38.0 Å². The molecule has 2 aromatic rings. The summed E-state index contributed by atoms with van der Waals surface area (Å²) >= 11 is 0. The number of amides is 2. The first-order valence-electron chi connectivity index (χ1n) is 9.81. The van der Waals surface area contributed by atoms with Crippen LogP contribution >= 0.6 is 0 Å². The van der Waals surface area contributed by atoms with Crippen molar-refractivity contribution in [2.75, 3.05) is 6.61 Å². The summed E-state index contributed by atoms with van der Waals surface area (Å²) in [6.07, 6.45) is -0.398. The second-order valence-corrected chi connectivity index (χ2v) is 7.06. The van der Waals surface area contributed by atoms with Gasteiger partial charge in [0.15, 0.2) is 5.75 Å². The molecule has 0 aromatic heterocycles. The Labute approximate surface area is 179 Å². The normalized spacial score (nSPS) is 15.9. The van der Waals surface area contributed by atoms with Crippen LogP contribution < -0.4 is 15.4 Å². The van der Waals surface area contributed by atoms with E-state index >= 15 is 0 Å². The van der Waals surface area contributed by atoms with E-state index < -0.39 is 29.1 Å². The fourth-order valence-corrected chi connectivity index (χ4v) is 3.28. The average Bonchev–Trinajstić information content (AvgIpc) is 2.73. The monoisotopic (exact) mass is 425 g/mol. The van der Waals surface area contributed by atoms with E-state index in [1.54, 1.807) is 51.1 Å². The zero-order chi connectivity index (χ0) is 22.5. The largest absolute Gasteiger partial charge is 0.487 e. The van der Waals surface area contributed by atoms with Crippen molar-refractivity contribution in [3.05, 3.63) is 75.3 Å². The fourth-order valence-electron chi connectivity index (χ4n) is 3.28. The first-order valence-corrected chi connectivity index (χ1v) is 9.81. The van der Waals surface area contributed by atoms with E-state index in [0.717, 1.165) is 0 Å². The van der Waals surface area contributed by atoms with E-state index in [0.29, 0.717) is 11.1 Å². The highest BCUT2D eigenvalue weighted by Gasteiger charge is 2.35. The van der Waals surface area contributed by atoms with Crippen molar-refractivity contribution < 1.29 is 24.0 Å². The van der Waals surface area contributed by atoms with Gasteiger partial charge in [0.1, 0.15) is 0 Å². The molecule has 9 heteroatoms. The molecule has 1 heterocycles. The number of rotatable bonds is 7. The fraction of sp³-hybridized carbons (Fsp3) is 0.273. The minimum absolute atomic E-state index is 0.107. The Morgan fingerprint density at radius 1 is 1.19 bits per heavy atom. The summed E-state index contributed by atoms with van der Waals surface area (Å²) in [5.41, 5.74) is 1.15. The number of nitro groups is 1. The molecule has 162 valence electrons. The molecule has 2 amide bonds. The van der Waals surface area contributed by atoms with E-state index in [4.69, 9.17) is 9.47 Å². The first-order chi connectivity index (χ1) is 14.8. The molecule has 2 aromatic carbocycles. The van der Waals surface area contributed by atoms with Crippen LogP contribution in [-0.2, 0) is 9.53 Å².